The second-order valence-corrected chi connectivity index (χ2v) is 5.49. The van der Waals surface area contributed by atoms with Crippen LogP contribution in [0, 0.1) is 0 Å². The molecular weight excluding hydrogens is 264 g/mol. The Hall–Kier alpha value is -2.01. The molecule has 1 aliphatic carbocycles. The van der Waals surface area contributed by atoms with Gasteiger partial charge in [-0.3, -0.25) is 14.8 Å². The van der Waals surface area contributed by atoms with Crippen molar-refractivity contribution in [3.05, 3.63) is 36.2 Å². The molecule has 2 N–H and O–H groups in total. The zero-order valence-electron chi connectivity index (χ0n) is 12.0. The maximum atomic E-state index is 12.8. The fourth-order valence-electron chi connectivity index (χ4n) is 3.07. The van der Waals surface area contributed by atoms with Crippen LogP contribution in [0.1, 0.15) is 36.0 Å². The van der Waals surface area contributed by atoms with Crippen LogP contribution in [0.2, 0.25) is 0 Å². The average Bonchev–Trinajstić information content (AvgIpc) is 3.05. The van der Waals surface area contributed by atoms with Gasteiger partial charge in [-0.25, -0.2) is 0 Å². The molecule has 21 heavy (non-hydrogen) atoms. The Morgan fingerprint density at radius 3 is 2.62 bits per heavy atom. The van der Waals surface area contributed by atoms with Gasteiger partial charge in [0.25, 0.3) is 5.91 Å². The van der Waals surface area contributed by atoms with E-state index in [9.17, 15) is 4.79 Å². The maximum absolute atomic E-state index is 12.8. The van der Waals surface area contributed by atoms with Gasteiger partial charge in [-0.1, -0.05) is 12.8 Å². The molecule has 1 aliphatic rings. The normalized spacial score (nSPS) is 15.5. The molecular formula is C16H20N4O. The molecule has 0 saturated heterocycles. The number of amides is 1. The van der Waals surface area contributed by atoms with Gasteiger partial charge in [-0.2, -0.15) is 0 Å². The van der Waals surface area contributed by atoms with Crippen LogP contribution < -0.4 is 5.73 Å². The fraction of sp³-hybridized carbons (Fsp3) is 0.438. The zero-order chi connectivity index (χ0) is 14.7. The first-order valence-corrected chi connectivity index (χ1v) is 7.51. The van der Waals surface area contributed by atoms with E-state index in [4.69, 9.17) is 5.73 Å². The van der Waals surface area contributed by atoms with Crippen LogP contribution in [0.4, 0.5) is 0 Å². The number of aromatic nitrogens is 2. The van der Waals surface area contributed by atoms with Gasteiger partial charge in [0.05, 0.1) is 11.0 Å². The number of hydrogen-bond acceptors (Lipinski definition) is 4. The summed E-state index contributed by atoms with van der Waals surface area (Å²) in [6.45, 7) is 1.11. The van der Waals surface area contributed by atoms with Crippen LogP contribution in [-0.4, -0.2) is 39.9 Å². The molecule has 1 fully saturated rings. The summed E-state index contributed by atoms with van der Waals surface area (Å²) in [5.74, 6) is 0.0555. The molecule has 0 aliphatic heterocycles. The van der Waals surface area contributed by atoms with Crippen molar-refractivity contribution in [2.24, 2.45) is 5.73 Å². The number of rotatable bonds is 4. The standard InChI is InChI=1S/C16H20N4O/c17-7-10-20(13-3-1-2-4-13)16(21)12-5-6-14-15(11-12)19-9-8-18-14/h5-6,8-9,11,13H,1-4,7,10,17H2. The van der Waals surface area contributed by atoms with E-state index in [1.54, 1.807) is 12.4 Å². The number of nitrogens with zero attached hydrogens (tertiary/aromatic N) is 3. The first kappa shape index (κ1) is 13.9. The summed E-state index contributed by atoms with van der Waals surface area (Å²) in [5, 5.41) is 0. The Bertz CT molecular complexity index is 637. The van der Waals surface area contributed by atoms with Gasteiger partial charge in [0.1, 0.15) is 0 Å². The highest BCUT2D eigenvalue weighted by Crippen LogP contribution is 2.25. The topological polar surface area (TPSA) is 72.1 Å². The van der Waals surface area contributed by atoms with E-state index in [0.717, 1.165) is 23.9 Å². The van der Waals surface area contributed by atoms with E-state index in [1.807, 2.05) is 23.1 Å². The lowest BCUT2D eigenvalue weighted by molar-refractivity contribution is 0.0688. The Labute approximate surface area is 124 Å². The van der Waals surface area contributed by atoms with E-state index < -0.39 is 0 Å². The van der Waals surface area contributed by atoms with Gasteiger partial charge in [0.2, 0.25) is 0 Å². The molecule has 1 aromatic heterocycles. The Morgan fingerprint density at radius 1 is 1.19 bits per heavy atom. The van der Waals surface area contributed by atoms with Crippen molar-refractivity contribution < 1.29 is 4.79 Å². The number of carbonyl (C=O) groups is 1. The van der Waals surface area contributed by atoms with Crippen LogP contribution in [0.3, 0.4) is 0 Å². The molecule has 0 unspecified atom stereocenters. The van der Waals surface area contributed by atoms with Crippen molar-refractivity contribution in [1.82, 2.24) is 14.9 Å². The van der Waals surface area contributed by atoms with Crippen molar-refractivity contribution in [3.8, 4) is 0 Å². The molecule has 110 valence electrons. The van der Waals surface area contributed by atoms with Crippen LogP contribution in [0.5, 0.6) is 0 Å². The summed E-state index contributed by atoms with van der Waals surface area (Å²) in [4.78, 5) is 23.2. The van der Waals surface area contributed by atoms with Gasteiger partial charge in [0, 0.05) is 37.1 Å². The minimum Gasteiger partial charge on any atom is -0.334 e. The highest BCUT2D eigenvalue weighted by Gasteiger charge is 2.26. The maximum Gasteiger partial charge on any atom is 0.254 e. The van der Waals surface area contributed by atoms with Crippen molar-refractivity contribution in [2.75, 3.05) is 13.1 Å². The summed E-state index contributed by atoms with van der Waals surface area (Å²) < 4.78 is 0. The first-order valence-electron chi connectivity index (χ1n) is 7.51. The van der Waals surface area contributed by atoms with Crippen LogP contribution in [-0.2, 0) is 0 Å². The number of benzene rings is 1. The Morgan fingerprint density at radius 2 is 1.90 bits per heavy atom. The van der Waals surface area contributed by atoms with Gasteiger partial charge in [0.15, 0.2) is 0 Å². The minimum absolute atomic E-state index is 0.0555. The van der Waals surface area contributed by atoms with E-state index >= 15 is 0 Å². The van der Waals surface area contributed by atoms with Crippen molar-refractivity contribution >= 4 is 16.9 Å². The van der Waals surface area contributed by atoms with Gasteiger partial charge in [-0.15, -0.1) is 0 Å². The third-order valence-electron chi connectivity index (χ3n) is 4.11. The van der Waals surface area contributed by atoms with Crippen LogP contribution in [0.15, 0.2) is 30.6 Å². The van der Waals surface area contributed by atoms with Crippen molar-refractivity contribution in [3.63, 3.8) is 0 Å². The summed E-state index contributed by atoms with van der Waals surface area (Å²) >= 11 is 0. The number of hydrogen-bond donors (Lipinski definition) is 1. The molecule has 0 spiro atoms. The molecule has 1 aromatic carbocycles. The van der Waals surface area contributed by atoms with Gasteiger partial charge >= 0.3 is 0 Å². The monoisotopic (exact) mass is 284 g/mol. The number of nitrogens with two attached hydrogens (primary N) is 1. The van der Waals surface area contributed by atoms with E-state index in [1.165, 1.54) is 12.8 Å². The lowest BCUT2D eigenvalue weighted by Gasteiger charge is -2.28. The third kappa shape index (κ3) is 2.88. The number of carbonyl (C=O) groups excluding carboxylic acids is 1. The highest BCUT2D eigenvalue weighted by molar-refractivity contribution is 5.97. The Kier molecular flexibility index (Phi) is 4.10. The molecule has 1 amide bonds. The molecule has 0 radical (unpaired) electrons. The summed E-state index contributed by atoms with van der Waals surface area (Å²) in [5.41, 5.74) is 7.92. The molecule has 2 aromatic rings. The molecule has 1 saturated carbocycles. The third-order valence-corrected chi connectivity index (χ3v) is 4.11. The minimum atomic E-state index is 0.0555. The zero-order valence-corrected chi connectivity index (χ0v) is 12.0. The summed E-state index contributed by atoms with van der Waals surface area (Å²) in [6, 6.07) is 5.84. The van der Waals surface area contributed by atoms with E-state index in [-0.39, 0.29) is 5.91 Å². The Balaban J connectivity index is 1.89. The number of fused-ring (bicyclic) bond motifs is 1. The molecule has 5 heteroatoms. The molecule has 1 heterocycles. The van der Waals surface area contributed by atoms with Crippen LogP contribution >= 0.6 is 0 Å². The first-order chi connectivity index (χ1) is 10.3. The molecule has 0 atom stereocenters. The quantitative estimate of drug-likeness (QED) is 0.931. The smallest absolute Gasteiger partial charge is 0.254 e. The fourth-order valence-corrected chi connectivity index (χ4v) is 3.07. The highest BCUT2D eigenvalue weighted by atomic mass is 16.2. The predicted octanol–water partition coefficient (Wildman–Crippen LogP) is 1.97. The van der Waals surface area contributed by atoms with Crippen LogP contribution in [0.25, 0.3) is 11.0 Å². The average molecular weight is 284 g/mol. The largest absolute Gasteiger partial charge is 0.334 e. The second kappa shape index (κ2) is 6.18. The predicted molar refractivity (Wildman–Crippen MR) is 81.9 cm³/mol. The molecule has 0 bridgehead atoms. The van der Waals surface area contributed by atoms with Crippen molar-refractivity contribution in [2.45, 2.75) is 31.7 Å². The lowest BCUT2D eigenvalue weighted by Crippen LogP contribution is -2.42. The van der Waals surface area contributed by atoms with Gasteiger partial charge < -0.3 is 10.6 Å². The summed E-state index contributed by atoms with van der Waals surface area (Å²) in [7, 11) is 0. The summed E-state index contributed by atoms with van der Waals surface area (Å²) in [6.07, 6.45) is 7.86. The second-order valence-electron chi connectivity index (χ2n) is 5.49. The van der Waals surface area contributed by atoms with Gasteiger partial charge in [-0.05, 0) is 31.0 Å². The SMILES string of the molecule is NCCN(C(=O)c1ccc2nccnc2c1)C1CCCC1. The molecule has 3 rings (SSSR count). The van der Waals surface area contributed by atoms with E-state index in [2.05, 4.69) is 9.97 Å². The molecule has 5 nitrogen and oxygen atoms in total. The van der Waals surface area contributed by atoms with Crippen molar-refractivity contribution in [1.29, 1.82) is 0 Å². The van der Waals surface area contributed by atoms with E-state index in [0.29, 0.717) is 24.7 Å². The lowest BCUT2D eigenvalue weighted by atomic mass is 10.1.